The molecule has 5 heteroatoms. The zero-order valence-electron chi connectivity index (χ0n) is 14.7. The van der Waals surface area contributed by atoms with E-state index in [4.69, 9.17) is 9.47 Å². The van der Waals surface area contributed by atoms with E-state index < -0.39 is 0 Å². The molecule has 1 fully saturated rings. The quantitative estimate of drug-likeness (QED) is 0.757. The lowest BCUT2D eigenvalue weighted by molar-refractivity contribution is 0.209. The number of aryl methyl sites for hydroxylation is 1. The molecule has 132 valence electrons. The summed E-state index contributed by atoms with van der Waals surface area (Å²) >= 11 is 0. The zero-order chi connectivity index (χ0) is 17.1. The molecule has 0 radical (unpaired) electrons. The van der Waals surface area contributed by atoms with Gasteiger partial charge in [-0.25, -0.2) is 9.97 Å². The normalized spacial score (nSPS) is 22.1. The Morgan fingerprint density at radius 2 is 2.04 bits per heavy atom. The molecule has 1 aromatic carbocycles. The largest absolute Gasteiger partial charge is 0.496 e. The summed E-state index contributed by atoms with van der Waals surface area (Å²) in [5.41, 5.74) is 1.27. The minimum Gasteiger partial charge on any atom is -0.496 e. The van der Waals surface area contributed by atoms with Gasteiger partial charge in [0.05, 0.1) is 13.7 Å². The van der Waals surface area contributed by atoms with Crippen molar-refractivity contribution in [3.05, 3.63) is 48.0 Å². The van der Waals surface area contributed by atoms with Gasteiger partial charge in [-0.2, -0.15) is 0 Å². The molecule has 25 heavy (non-hydrogen) atoms. The number of unbranched alkanes of at least 4 members (excludes halogenated alkanes) is 1. The number of ether oxygens (including phenoxy) is 2. The van der Waals surface area contributed by atoms with Gasteiger partial charge in [0.25, 0.3) is 0 Å². The fraction of sp³-hybridized carbons (Fsp3) is 0.500. The molecule has 2 aromatic rings. The Bertz CT molecular complexity index is 693. The SMILES string of the molecule is COc1cccc2c1[C@@H]1CN(CCCCc3ncccn3)C[C@@H]1CO2. The molecule has 5 nitrogen and oxygen atoms in total. The van der Waals surface area contributed by atoms with Crippen molar-refractivity contribution in [1.29, 1.82) is 0 Å². The van der Waals surface area contributed by atoms with Crippen molar-refractivity contribution < 1.29 is 9.47 Å². The maximum atomic E-state index is 5.99. The van der Waals surface area contributed by atoms with Crippen molar-refractivity contribution in [2.75, 3.05) is 33.4 Å². The third-order valence-corrected chi connectivity index (χ3v) is 5.33. The molecule has 2 atom stereocenters. The van der Waals surface area contributed by atoms with Crippen molar-refractivity contribution in [3.63, 3.8) is 0 Å². The average Bonchev–Trinajstić information content (AvgIpc) is 3.08. The summed E-state index contributed by atoms with van der Waals surface area (Å²) in [6.45, 7) is 4.16. The van der Waals surface area contributed by atoms with Crippen LogP contribution >= 0.6 is 0 Å². The second-order valence-corrected chi connectivity index (χ2v) is 6.93. The molecule has 0 bridgehead atoms. The molecule has 1 aromatic heterocycles. The lowest BCUT2D eigenvalue weighted by atomic mass is 9.86. The first-order valence-electron chi connectivity index (χ1n) is 9.13. The van der Waals surface area contributed by atoms with Crippen LogP contribution in [-0.4, -0.2) is 48.2 Å². The van der Waals surface area contributed by atoms with Crippen LogP contribution in [0.4, 0.5) is 0 Å². The second-order valence-electron chi connectivity index (χ2n) is 6.93. The molecule has 2 aliphatic rings. The molecular weight excluding hydrogens is 314 g/mol. The Hall–Kier alpha value is -2.14. The second kappa shape index (κ2) is 7.40. The van der Waals surface area contributed by atoms with E-state index in [9.17, 15) is 0 Å². The first kappa shape index (κ1) is 16.3. The molecule has 2 aliphatic heterocycles. The minimum absolute atomic E-state index is 0.525. The topological polar surface area (TPSA) is 47.5 Å². The average molecular weight is 339 g/mol. The van der Waals surface area contributed by atoms with Gasteiger partial charge in [-0.15, -0.1) is 0 Å². The van der Waals surface area contributed by atoms with E-state index in [1.807, 2.05) is 30.6 Å². The van der Waals surface area contributed by atoms with Gasteiger partial charge < -0.3 is 14.4 Å². The van der Waals surface area contributed by atoms with E-state index in [0.29, 0.717) is 11.8 Å². The molecule has 0 N–H and O–H groups in total. The Kier molecular flexibility index (Phi) is 4.83. The number of fused-ring (bicyclic) bond motifs is 3. The summed E-state index contributed by atoms with van der Waals surface area (Å²) in [7, 11) is 1.75. The summed E-state index contributed by atoms with van der Waals surface area (Å²) in [4.78, 5) is 11.2. The Morgan fingerprint density at radius 1 is 1.16 bits per heavy atom. The highest BCUT2D eigenvalue weighted by Crippen LogP contribution is 2.45. The predicted molar refractivity (Wildman–Crippen MR) is 96.1 cm³/mol. The van der Waals surface area contributed by atoms with Gasteiger partial charge in [-0.1, -0.05) is 6.07 Å². The summed E-state index contributed by atoms with van der Waals surface area (Å²) < 4.78 is 11.6. The van der Waals surface area contributed by atoms with Crippen molar-refractivity contribution in [1.82, 2.24) is 14.9 Å². The van der Waals surface area contributed by atoms with Gasteiger partial charge >= 0.3 is 0 Å². The number of methoxy groups -OCH3 is 1. The van der Waals surface area contributed by atoms with E-state index >= 15 is 0 Å². The van der Waals surface area contributed by atoms with Crippen molar-refractivity contribution in [2.24, 2.45) is 5.92 Å². The monoisotopic (exact) mass is 339 g/mol. The number of likely N-dealkylation sites (tertiary alicyclic amines) is 1. The van der Waals surface area contributed by atoms with Crippen LogP contribution in [0, 0.1) is 5.92 Å². The van der Waals surface area contributed by atoms with Crippen LogP contribution in [0.25, 0.3) is 0 Å². The number of aromatic nitrogens is 2. The highest BCUT2D eigenvalue weighted by Gasteiger charge is 2.40. The number of hydrogen-bond acceptors (Lipinski definition) is 5. The van der Waals surface area contributed by atoms with Crippen LogP contribution < -0.4 is 9.47 Å². The first-order chi connectivity index (χ1) is 12.3. The van der Waals surface area contributed by atoms with Crippen LogP contribution in [0.1, 0.15) is 30.1 Å². The summed E-state index contributed by atoms with van der Waals surface area (Å²) in [5, 5.41) is 0. The van der Waals surface area contributed by atoms with Crippen LogP contribution in [0.15, 0.2) is 36.7 Å². The number of benzene rings is 1. The lowest BCUT2D eigenvalue weighted by Crippen LogP contribution is -2.25. The van der Waals surface area contributed by atoms with E-state index in [-0.39, 0.29) is 0 Å². The van der Waals surface area contributed by atoms with Gasteiger partial charge in [-0.05, 0) is 37.6 Å². The van der Waals surface area contributed by atoms with Crippen LogP contribution in [0.3, 0.4) is 0 Å². The summed E-state index contributed by atoms with van der Waals surface area (Å²) in [6.07, 6.45) is 6.90. The summed E-state index contributed by atoms with van der Waals surface area (Å²) in [6, 6.07) is 7.99. The van der Waals surface area contributed by atoms with Gasteiger partial charge in [-0.3, -0.25) is 0 Å². The number of hydrogen-bond donors (Lipinski definition) is 0. The third kappa shape index (κ3) is 3.47. The van der Waals surface area contributed by atoms with Crippen molar-refractivity contribution in [3.8, 4) is 11.5 Å². The molecule has 0 saturated carbocycles. The van der Waals surface area contributed by atoms with E-state index in [1.165, 1.54) is 12.0 Å². The molecule has 0 unspecified atom stereocenters. The Balaban J connectivity index is 1.33. The van der Waals surface area contributed by atoms with E-state index in [2.05, 4.69) is 20.9 Å². The lowest BCUT2D eigenvalue weighted by Gasteiger charge is -2.29. The zero-order valence-corrected chi connectivity index (χ0v) is 14.7. The standard InChI is InChI=1S/C20H25N3O2/c1-24-17-6-4-7-18-20(17)16-13-23(12-15(16)14-25-18)11-3-2-8-19-21-9-5-10-22-19/h4-7,9-10,15-16H,2-3,8,11-14H2,1H3/t15-,16-/m1/s1. The molecule has 0 spiro atoms. The van der Waals surface area contributed by atoms with Crippen LogP contribution in [0.5, 0.6) is 11.5 Å². The number of rotatable bonds is 6. The molecule has 0 aliphatic carbocycles. The van der Waals surface area contributed by atoms with E-state index in [0.717, 1.165) is 56.4 Å². The van der Waals surface area contributed by atoms with Gasteiger partial charge in [0, 0.05) is 49.3 Å². The van der Waals surface area contributed by atoms with Gasteiger partial charge in [0.15, 0.2) is 0 Å². The molecule has 1 saturated heterocycles. The predicted octanol–water partition coefficient (Wildman–Crippen LogP) is 2.92. The highest BCUT2D eigenvalue weighted by molar-refractivity contribution is 5.49. The Morgan fingerprint density at radius 3 is 2.88 bits per heavy atom. The molecule has 0 amide bonds. The van der Waals surface area contributed by atoms with Crippen molar-refractivity contribution in [2.45, 2.75) is 25.2 Å². The minimum atomic E-state index is 0.525. The van der Waals surface area contributed by atoms with Crippen LogP contribution in [-0.2, 0) is 6.42 Å². The van der Waals surface area contributed by atoms with Crippen LogP contribution in [0.2, 0.25) is 0 Å². The summed E-state index contributed by atoms with van der Waals surface area (Å²) in [5.74, 6) is 4.02. The van der Waals surface area contributed by atoms with E-state index in [1.54, 1.807) is 7.11 Å². The smallest absolute Gasteiger partial charge is 0.128 e. The maximum absolute atomic E-state index is 5.99. The first-order valence-corrected chi connectivity index (χ1v) is 9.13. The molecule has 3 heterocycles. The third-order valence-electron chi connectivity index (χ3n) is 5.33. The van der Waals surface area contributed by atoms with Gasteiger partial charge in [0.2, 0.25) is 0 Å². The number of nitrogens with zero attached hydrogens (tertiary/aromatic N) is 3. The Labute approximate surface area is 149 Å². The molecule has 4 rings (SSSR count). The fourth-order valence-corrected chi connectivity index (χ4v) is 4.11. The van der Waals surface area contributed by atoms with Gasteiger partial charge in [0.1, 0.15) is 17.3 Å². The van der Waals surface area contributed by atoms with Crippen molar-refractivity contribution >= 4 is 0 Å². The fourth-order valence-electron chi connectivity index (χ4n) is 4.11. The maximum Gasteiger partial charge on any atom is 0.128 e. The molecular formula is C20H25N3O2. The highest BCUT2D eigenvalue weighted by atomic mass is 16.5.